The molecule has 4 fully saturated rings. The van der Waals surface area contributed by atoms with Crippen LogP contribution < -0.4 is 23.7 Å². The fourth-order valence-corrected chi connectivity index (χ4v) is 7.23. The first-order valence-electron chi connectivity index (χ1n) is 16.7. The van der Waals surface area contributed by atoms with Crippen molar-refractivity contribution in [3.8, 4) is 28.7 Å². The van der Waals surface area contributed by atoms with Crippen LogP contribution in [-0.4, -0.2) is 155 Å². The standard InChI is InChI=1S/C34H46O18/c1-44-18-5-13(4-15(8-35)31(18)51-33-27(42)25(40)23(38)21(9-36)49-33)29-16-11-48-30(17(16)12-47-29)14-6-19(45-2)32(20(7-14)46-3)52-34-28(43)26(41)24(39)22(10-37)50-34/h4-7,16-17,21-30,33-43H,8-12H2,1-3H3/t16-,17+,21?,22?,23+,24+,25+,26+,27?,28?,29+,30-,33-,34-/m0/s1. The van der Waals surface area contributed by atoms with Crippen molar-refractivity contribution in [2.24, 2.45) is 11.8 Å². The molecule has 290 valence electrons. The fraction of sp³-hybridized carbons (Fsp3) is 0.647. The topological polar surface area (TPSA) is 265 Å². The summed E-state index contributed by atoms with van der Waals surface area (Å²) in [6, 6.07) is 6.69. The van der Waals surface area contributed by atoms with Crippen molar-refractivity contribution in [3.63, 3.8) is 0 Å². The van der Waals surface area contributed by atoms with Crippen molar-refractivity contribution in [3.05, 3.63) is 41.0 Å². The minimum absolute atomic E-state index is 0.0263. The molecule has 9 N–H and O–H groups in total. The average molecular weight is 743 g/mol. The van der Waals surface area contributed by atoms with Gasteiger partial charge in [0.05, 0.1) is 66.6 Å². The summed E-state index contributed by atoms with van der Waals surface area (Å²) >= 11 is 0. The molecular formula is C34H46O18. The third-order valence-corrected chi connectivity index (χ3v) is 10.1. The van der Waals surface area contributed by atoms with Crippen LogP contribution in [0.1, 0.15) is 28.9 Å². The third-order valence-electron chi connectivity index (χ3n) is 10.1. The monoisotopic (exact) mass is 742 g/mol. The lowest BCUT2D eigenvalue weighted by Crippen LogP contribution is -2.60. The summed E-state index contributed by atoms with van der Waals surface area (Å²) in [6.45, 7) is -1.18. The van der Waals surface area contributed by atoms with Gasteiger partial charge in [0.15, 0.2) is 23.0 Å². The highest BCUT2D eigenvalue weighted by molar-refractivity contribution is 5.55. The summed E-state index contributed by atoms with van der Waals surface area (Å²) in [5, 5.41) is 91.3. The Balaban J connectivity index is 1.22. The molecule has 2 aromatic rings. The first kappa shape index (κ1) is 38.6. The van der Waals surface area contributed by atoms with Gasteiger partial charge >= 0.3 is 0 Å². The van der Waals surface area contributed by atoms with Crippen LogP contribution in [0.4, 0.5) is 0 Å². The number of ether oxygens (including phenoxy) is 9. The quantitative estimate of drug-likeness (QED) is 0.110. The van der Waals surface area contributed by atoms with E-state index in [1.807, 2.05) is 0 Å². The second kappa shape index (κ2) is 16.1. The van der Waals surface area contributed by atoms with Crippen LogP contribution in [0.15, 0.2) is 24.3 Å². The number of methoxy groups -OCH3 is 3. The lowest BCUT2D eigenvalue weighted by molar-refractivity contribution is -0.277. The van der Waals surface area contributed by atoms with Gasteiger partial charge < -0.3 is 88.6 Å². The fourth-order valence-electron chi connectivity index (χ4n) is 7.23. The second-order valence-corrected chi connectivity index (χ2v) is 13.1. The normalized spacial score (nSPS) is 37.4. The van der Waals surface area contributed by atoms with Crippen molar-refractivity contribution in [2.75, 3.05) is 47.8 Å². The zero-order valence-electron chi connectivity index (χ0n) is 28.6. The molecule has 52 heavy (non-hydrogen) atoms. The number of fused-ring (bicyclic) bond motifs is 1. The van der Waals surface area contributed by atoms with E-state index < -0.39 is 93.4 Å². The molecule has 0 bridgehead atoms. The van der Waals surface area contributed by atoms with E-state index in [4.69, 9.17) is 42.6 Å². The first-order valence-corrected chi connectivity index (χ1v) is 16.7. The maximum Gasteiger partial charge on any atom is 0.229 e. The van der Waals surface area contributed by atoms with Crippen LogP contribution in [0.3, 0.4) is 0 Å². The Kier molecular flexibility index (Phi) is 12.0. The zero-order chi connectivity index (χ0) is 37.4. The number of hydrogen-bond acceptors (Lipinski definition) is 18. The molecule has 18 nitrogen and oxygen atoms in total. The average Bonchev–Trinajstić information content (AvgIpc) is 3.78. The van der Waals surface area contributed by atoms with E-state index in [1.54, 1.807) is 24.3 Å². The smallest absolute Gasteiger partial charge is 0.229 e. The molecule has 4 aliphatic heterocycles. The summed E-state index contributed by atoms with van der Waals surface area (Å²) < 4.78 is 52.2. The number of hydrogen-bond donors (Lipinski definition) is 9. The molecule has 0 aliphatic carbocycles. The highest BCUT2D eigenvalue weighted by Crippen LogP contribution is 2.53. The minimum atomic E-state index is -1.68. The molecule has 4 aliphatic rings. The largest absolute Gasteiger partial charge is 0.493 e. The molecule has 0 amide bonds. The Morgan fingerprint density at radius 3 is 1.37 bits per heavy atom. The SMILES string of the molecule is COc1cc([C@H]2OC[C@@H]3[C@@H]2CO[C@H]3c2cc(OC)c(O[C@@H]3OC(CO)[C@@H](O)[C@@H](O)C3O)c(OC)c2)cc(CO)c1O[C@@H]1OC(CO)[C@@H](O)[C@@H](O)C1O. The van der Waals surface area contributed by atoms with Crippen LogP contribution in [0.5, 0.6) is 28.7 Å². The van der Waals surface area contributed by atoms with E-state index in [-0.39, 0.29) is 46.1 Å². The number of rotatable bonds is 12. The van der Waals surface area contributed by atoms with E-state index in [9.17, 15) is 46.0 Å². The van der Waals surface area contributed by atoms with Crippen LogP contribution >= 0.6 is 0 Å². The van der Waals surface area contributed by atoms with E-state index in [0.717, 1.165) is 0 Å². The first-order chi connectivity index (χ1) is 25.0. The highest BCUT2D eigenvalue weighted by atomic mass is 16.7. The van der Waals surface area contributed by atoms with Crippen molar-refractivity contribution < 1.29 is 88.6 Å². The van der Waals surface area contributed by atoms with Gasteiger partial charge in [-0.2, -0.15) is 0 Å². The van der Waals surface area contributed by atoms with Crippen molar-refractivity contribution in [1.29, 1.82) is 0 Å². The molecule has 4 unspecified atom stereocenters. The number of aliphatic hydroxyl groups is 9. The Labute approximate surface area is 298 Å². The molecule has 0 spiro atoms. The zero-order valence-corrected chi connectivity index (χ0v) is 28.6. The molecule has 2 aromatic carbocycles. The van der Waals surface area contributed by atoms with Gasteiger partial charge in [-0.3, -0.25) is 0 Å². The van der Waals surface area contributed by atoms with E-state index in [1.165, 1.54) is 21.3 Å². The van der Waals surface area contributed by atoms with Gasteiger partial charge in [0.25, 0.3) is 0 Å². The lowest BCUT2D eigenvalue weighted by atomic mass is 9.84. The molecule has 14 atom stereocenters. The molecule has 0 aromatic heterocycles. The molecule has 4 heterocycles. The van der Waals surface area contributed by atoms with Crippen LogP contribution in [-0.2, 0) is 25.6 Å². The Morgan fingerprint density at radius 2 is 0.962 bits per heavy atom. The van der Waals surface area contributed by atoms with Gasteiger partial charge in [-0.05, 0) is 35.4 Å². The predicted molar refractivity (Wildman–Crippen MR) is 172 cm³/mol. The van der Waals surface area contributed by atoms with E-state index in [0.29, 0.717) is 24.3 Å². The summed E-state index contributed by atoms with van der Waals surface area (Å²) in [5.41, 5.74) is 1.58. The summed E-state index contributed by atoms with van der Waals surface area (Å²) in [5.74, 6) is 0.333. The van der Waals surface area contributed by atoms with Crippen molar-refractivity contribution >= 4 is 0 Å². The second-order valence-electron chi connectivity index (χ2n) is 13.1. The summed E-state index contributed by atoms with van der Waals surface area (Å²) in [6.07, 6.45) is -16.1. The molecule has 0 saturated carbocycles. The lowest BCUT2D eigenvalue weighted by Gasteiger charge is -2.39. The van der Waals surface area contributed by atoms with Gasteiger partial charge in [0.2, 0.25) is 18.3 Å². The maximum absolute atomic E-state index is 10.5. The third kappa shape index (κ3) is 7.00. The van der Waals surface area contributed by atoms with E-state index >= 15 is 0 Å². The predicted octanol–water partition coefficient (Wildman–Crippen LogP) is -2.36. The van der Waals surface area contributed by atoms with Crippen LogP contribution in [0, 0.1) is 11.8 Å². The summed E-state index contributed by atoms with van der Waals surface area (Å²) in [7, 11) is 4.20. The Morgan fingerprint density at radius 1 is 0.558 bits per heavy atom. The van der Waals surface area contributed by atoms with Gasteiger partial charge in [-0.1, -0.05) is 0 Å². The molecule has 4 saturated heterocycles. The number of benzene rings is 2. The van der Waals surface area contributed by atoms with Crippen LogP contribution in [0.25, 0.3) is 0 Å². The maximum atomic E-state index is 10.5. The number of aliphatic hydroxyl groups excluding tert-OH is 9. The molecule has 0 radical (unpaired) electrons. The minimum Gasteiger partial charge on any atom is -0.493 e. The van der Waals surface area contributed by atoms with Gasteiger partial charge in [0, 0.05) is 17.4 Å². The summed E-state index contributed by atoms with van der Waals surface area (Å²) in [4.78, 5) is 0. The van der Waals surface area contributed by atoms with Gasteiger partial charge in [-0.15, -0.1) is 0 Å². The Bertz CT molecular complexity index is 1360. The molecule has 6 rings (SSSR count). The Hall–Kier alpha value is -3.08. The van der Waals surface area contributed by atoms with Gasteiger partial charge in [-0.25, -0.2) is 0 Å². The van der Waals surface area contributed by atoms with Crippen molar-refractivity contribution in [1.82, 2.24) is 0 Å². The molecular weight excluding hydrogens is 696 g/mol. The molecule has 18 heteroatoms. The van der Waals surface area contributed by atoms with Crippen molar-refractivity contribution in [2.45, 2.75) is 80.2 Å². The van der Waals surface area contributed by atoms with Crippen LogP contribution in [0.2, 0.25) is 0 Å². The van der Waals surface area contributed by atoms with E-state index in [2.05, 4.69) is 0 Å². The highest BCUT2D eigenvalue weighted by Gasteiger charge is 2.50. The van der Waals surface area contributed by atoms with Gasteiger partial charge in [0.1, 0.15) is 48.8 Å².